The number of likely N-dealkylation sites (tertiary alicyclic amines) is 1. The molecule has 1 saturated heterocycles. The fourth-order valence-electron chi connectivity index (χ4n) is 4.48. The molecule has 1 amide bonds. The van der Waals surface area contributed by atoms with Gasteiger partial charge in [0, 0.05) is 29.4 Å². The van der Waals surface area contributed by atoms with Crippen LogP contribution in [0.2, 0.25) is 5.02 Å². The first-order valence-corrected chi connectivity index (χ1v) is 14.1. The molecular weight excluding hydrogens is 574 g/mol. The highest BCUT2D eigenvalue weighted by molar-refractivity contribution is 6.32. The van der Waals surface area contributed by atoms with Gasteiger partial charge in [-0.15, -0.1) is 0 Å². The monoisotopic (exact) mass is 603 g/mol. The highest BCUT2D eigenvalue weighted by atomic mass is 35.5. The molecule has 5 aromatic rings. The van der Waals surface area contributed by atoms with Crippen LogP contribution in [0.4, 0.5) is 16.3 Å². The van der Waals surface area contributed by atoms with Crippen molar-refractivity contribution in [2.24, 2.45) is 0 Å². The number of anilines is 2. The summed E-state index contributed by atoms with van der Waals surface area (Å²) in [4.78, 5) is 27.0. The highest BCUT2D eigenvalue weighted by Gasteiger charge is 2.35. The Morgan fingerprint density at radius 1 is 1.02 bits per heavy atom. The Bertz CT molecular complexity index is 1800. The maximum atomic E-state index is 12.4. The molecule has 0 radical (unpaired) electrons. The topological polar surface area (TPSA) is 125 Å². The quantitative estimate of drug-likeness (QED) is 0.217. The molecule has 0 bridgehead atoms. The Morgan fingerprint density at radius 3 is 2.63 bits per heavy atom. The molecule has 0 spiro atoms. The zero-order chi connectivity index (χ0) is 30.1. The third kappa shape index (κ3) is 6.33. The summed E-state index contributed by atoms with van der Waals surface area (Å²) in [6.45, 7) is 8.70. The second kappa shape index (κ2) is 11.4. The molecule has 13 heteroatoms. The van der Waals surface area contributed by atoms with Gasteiger partial charge in [0.2, 0.25) is 0 Å². The highest BCUT2D eigenvalue weighted by Crippen LogP contribution is 2.38. The molecule has 3 aromatic heterocycles. The van der Waals surface area contributed by atoms with Crippen LogP contribution in [-0.2, 0) is 4.74 Å². The fourth-order valence-corrected chi connectivity index (χ4v) is 4.70. The summed E-state index contributed by atoms with van der Waals surface area (Å²) in [6, 6.07) is 12.6. The Labute approximate surface area is 252 Å². The summed E-state index contributed by atoms with van der Waals surface area (Å²) in [5.41, 5.74) is 1.48. The maximum absolute atomic E-state index is 12.4. The number of pyridine rings is 1. The van der Waals surface area contributed by atoms with Crippen molar-refractivity contribution >= 4 is 45.7 Å². The lowest BCUT2D eigenvalue weighted by atomic mass is 10.1. The number of aromatic nitrogens is 5. The van der Waals surface area contributed by atoms with Crippen molar-refractivity contribution in [2.75, 3.05) is 25.0 Å². The van der Waals surface area contributed by atoms with Crippen LogP contribution in [0.25, 0.3) is 16.6 Å². The molecule has 12 nitrogen and oxygen atoms in total. The van der Waals surface area contributed by atoms with E-state index in [0.29, 0.717) is 70.4 Å². The number of amides is 1. The second-order valence-corrected chi connectivity index (χ2v) is 11.3. The van der Waals surface area contributed by atoms with Crippen molar-refractivity contribution in [2.45, 2.75) is 39.4 Å². The summed E-state index contributed by atoms with van der Waals surface area (Å²) >= 11 is 6.59. The average Bonchev–Trinajstić information content (AvgIpc) is 3.39. The van der Waals surface area contributed by atoms with Gasteiger partial charge in [-0.3, -0.25) is 0 Å². The number of rotatable bonds is 8. The van der Waals surface area contributed by atoms with Crippen LogP contribution in [0.1, 0.15) is 27.7 Å². The summed E-state index contributed by atoms with van der Waals surface area (Å²) in [7, 11) is 0. The van der Waals surface area contributed by atoms with E-state index in [2.05, 4.69) is 25.4 Å². The molecule has 4 heterocycles. The molecule has 1 fully saturated rings. The number of fused-ring (bicyclic) bond motifs is 2. The minimum atomic E-state index is -0.558. The number of halogens is 1. The lowest BCUT2D eigenvalue weighted by Crippen LogP contribution is -2.57. The van der Waals surface area contributed by atoms with Gasteiger partial charge in [-0.1, -0.05) is 11.6 Å². The van der Waals surface area contributed by atoms with E-state index in [-0.39, 0.29) is 12.2 Å². The molecule has 1 aliphatic heterocycles. The predicted octanol–water partition coefficient (Wildman–Crippen LogP) is 6.26. The number of nitrogens with zero attached hydrogens (tertiary/aromatic N) is 6. The van der Waals surface area contributed by atoms with Gasteiger partial charge in [0.1, 0.15) is 41.7 Å². The summed E-state index contributed by atoms with van der Waals surface area (Å²) in [5, 5.41) is 8.55. The first-order chi connectivity index (χ1) is 20.6. The smallest absolute Gasteiger partial charge is 0.410 e. The van der Waals surface area contributed by atoms with Gasteiger partial charge >= 0.3 is 6.09 Å². The van der Waals surface area contributed by atoms with Crippen molar-refractivity contribution in [3.8, 4) is 23.0 Å². The number of nitrogens with one attached hydrogen (secondary N) is 1. The Kier molecular flexibility index (Phi) is 7.53. The minimum Gasteiger partial charge on any atom is -0.490 e. The van der Waals surface area contributed by atoms with E-state index >= 15 is 0 Å². The van der Waals surface area contributed by atoms with Crippen molar-refractivity contribution in [3.05, 3.63) is 66.3 Å². The van der Waals surface area contributed by atoms with E-state index in [1.54, 1.807) is 39.9 Å². The van der Waals surface area contributed by atoms with E-state index in [0.717, 1.165) is 5.39 Å². The van der Waals surface area contributed by atoms with Crippen molar-refractivity contribution < 1.29 is 23.7 Å². The van der Waals surface area contributed by atoms with Crippen LogP contribution in [0.15, 0.2) is 61.3 Å². The largest absolute Gasteiger partial charge is 0.490 e. The molecule has 0 atom stereocenters. The van der Waals surface area contributed by atoms with Gasteiger partial charge in [-0.25, -0.2) is 24.3 Å². The minimum absolute atomic E-state index is 0.206. The third-order valence-electron chi connectivity index (χ3n) is 6.47. The van der Waals surface area contributed by atoms with E-state index in [1.807, 2.05) is 45.9 Å². The average molecular weight is 604 g/mol. The standard InChI is InChI=1S/C30H30ClN7O5/c1-5-40-25-13-23-21(12-26(25)42-20-14-37(15-20)29(39)43-30(2,3)4)28(34-16-32-23)36-18-6-7-24(22(31)10-18)41-19-8-9-38-27(11-19)33-17-35-38/h6-13,16-17,20H,5,14-15H2,1-4H3,(H,32,34,36). The van der Waals surface area contributed by atoms with Crippen LogP contribution in [0.3, 0.4) is 0 Å². The number of benzene rings is 2. The normalized spacial score (nSPS) is 13.6. The number of hydrogen-bond donors (Lipinski definition) is 1. The molecule has 0 unspecified atom stereocenters. The molecule has 0 aliphatic carbocycles. The van der Waals surface area contributed by atoms with Crippen LogP contribution in [0.5, 0.6) is 23.0 Å². The molecule has 1 N–H and O–H groups in total. The van der Waals surface area contributed by atoms with Crippen molar-refractivity contribution in [1.82, 2.24) is 29.5 Å². The third-order valence-corrected chi connectivity index (χ3v) is 6.76. The van der Waals surface area contributed by atoms with E-state index < -0.39 is 5.60 Å². The number of carbonyl (C=O) groups is 1. The molecule has 43 heavy (non-hydrogen) atoms. The summed E-state index contributed by atoms with van der Waals surface area (Å²) in [5.74, 6) is 2.73. The van der Waals surface area contributed by atoms with Crippen LogP contribution in [0, 0.1) is 0 Å². The van der Waals surface area contributed by atoms with E-state index in [1.165, 1.54) is 12.7 Å². The second-order valence-electron chi connectivity index (χ2n) is 10.9. The number of ether oxygens (including phenoxy) is 4. The van der Waals surface area contributed by atoms with Crippen LogP contribution in [-0.4, -0.2) is 67.0 Å². The predicted molar refractivity (Wildman–Crippen MR) is 161 cm³/mol. The number of hydrogen-bond acceptors (Lipinski definition) is 10. The maximum Gasteiger partial charge on any atom is 0.410 e. The Morgan fingerprint density at radius 2 is 1.86 bits per heavy atom. The van der Waals surface area contributed by atoms with E-state index in [4.69, 9.17) is 30.5 Å². The van der Waals surface area contributed by atoms with Gasteiger partial charge in [0.25, 0.3) is 0 Å². The fraction of sp³-hybridized carbons (Fsp3) is 0.300. The first-order valence-electron chi connectivity index (χ1n) is 13.7. The molecule has 1 aliphatic rings. The molecular formula is C30H30ClN7O5. The SMILES string of the molecule is CCOc1cc2ncnc(Nc3ccc(Oc4ccn5ncnc5c4)c(Cl)c3)c2cc1OC1CN(C(=O)OC(C)(C)C)C1. The first kappa shape index (κ1) is 28.3. The Hall–Kier alpha value is -4.84. The molecule has 222 valence electrons. The zero-order valence-electron chi connectivity index (χ0n) is 24.1. The van der Waals surface area contributed by atoms with Gasteiger partial charge in [-0.05, 0) is 58.0 Å². The van der Waals surface area contributed by atoms with E-state index in [9.17, 15) is 4.79 Å². The van der Waals surface area contributed by atoms with Crippen LogP contribution < -0.4 is 19.5 Å². The molecule has 6 rings (SSSR count). The zero-order valence-corrected chi connectivity index (χ0v) is 24.8. The van der Waals surface area contributed by atoms with Crippen LogP contribution >= 0.6 is 11.6 Å². The number of carbonyl (C=O) groups excluding carboxylic acids is 1. The summed E-state index contributed by atoms with van der Waals surface area (Å²) in [6.07, 6.45) is 4.15. The van der Waals surface area contributed by atoms with Gasteiger partial charge < -0.3 is 29.2 Å². The van der Waals surface area contributed by atoms with Gasteiger partial charge in [0.15, 0.2) is 17.1 Å². The van der Waals surface area contributed by atoms with Crippen molar-refractivity contribution in [1.29, 1.82) is 0 Å². The van der Waals surface area contributed by atoms with Gasteiger partial charge in [0.05, 0.1) is 30.2 Å². The molecule has 0 saturated carbocycles. The lowest BCUT2D eigenvalue weighted by molar-refractivity contribution is -0.0226. The lowest BCUT2D eigenvalue weighted by Gasteiger charge is -2.39. The van der Waals surface area contributed by atoms with Crippen molar-refractivity contribution in [3.63, 3.8) is 0 Å². The Balaban J connectivity index is 1.20. The molecule has 2 aromatic carbocycles. The van der Waals surface area contributed by atoms with Gasteiger partial charge in [-0.2, -0.15) is 5.10 Å². The summed E-state index contributed by atoms with van der Waals surface area (Å²) < 4.78 is 25.2.